The van der Waals surface area contributed by atoms with E-state index in [0.29, 0.717) is 5.92 Å². The summed E-state index contributed by atoms with van der Waals surface area (Å²) in [5, 5.41) is 4.29. The van der Waals surface area contributed by atoms with Gasteiger partial charge in [-0.15, -0.1) is 0 Å². The van der Waals surface area contributed by atoms with Crippen molar-refractivity contribution < 1.29 is 4.79 Å². The molecule has 19 heavy (non-hydrogen) atoms. The second kappa shape index (κ2) is 6.28. The Kier molecular flexibility index (Phi) is 4.69. The van der Waals surface area contributed by atoms with Crippen LogP contribution in [0.25, 0.3) is 0 Å². The molecule has 2 heterocycles. The molecule has 0 amide bonds. The number of hydrogen-bond donors (Lipinski definition) is 0. The largest absolute Gasteiger partial charge is 0.298 e. The van der Waals surface area contributed by atoms with Gasteiger partial charge < -0.3 is 0 Å². The van der Waals surface area contributed by atoms with Crippen molar-refractivity contribution in [2.45, 2.75) is 59.2 Å². The Bertz CT molecular complexity index is 427. The summed E-state index contributed by atoms with van der Waals surface area (Å²) in [6.45, 7) is 8.64. The van der Waals surface area contributed by atoms with E-state index in [1.54, 1.807) is 13.3 Å². The summed E-state index contributed by atoms with van der Waals surface area (Å²) in [4.78, 5) is 18.3. The van der Waals surface area contributed by atoms with E-state index in [-0.39, 0.29) is 11.8 Å². The number of rotatable bonds is 5. The van der Waals surface area contributed by atoms with Gasteiger partial charge in [-0.25, -0.2) is 9.67 Å². The third kappa shape index (κ3) is 3.62. The summed E-state index contributed by atoms with van der Waals surface area (Å²) in [6, 6.07) is 0.0675. The highest BCUT2D eigenvalue weighted by Gasteiger charge is 2.27. The maximum absolute atomic E-state index is 11.7. The van der Waals surface area contributed by atoms with E-state index in [9.17, 15) is 4.79 Å². The summed E-state index contributed by atoms with van der Waals surface area (Å²) in [5.74, 6) is 1.79. The molecule has 1 aromatic heterocycles. The molecule has 0 saturated carbocycles. The summed E-state index contributed by atoms with van der Waals surface area (Å²) in [6.07, 6.45) is 4.92. The standard InChI is InChI=1S/C14H24N4O/c1-11(2)8-18-14(15-10-16-18)9-17-7-5-4-6-13(17)12(3)19/h10-11,13H,4-9H2,1-3H3. The molecule has 106 valence electrons. The first kappa shape index (κ1) is 14.2. The minimum absolute atomic E-state index is 0.0675. The van der Waals surface area contributed by atoms with Gasteiger partial charge in [-0.3, -0.25) is 9.69 Å². The normalized spacial score (nSPS) is 20.9. The molecule has 5 nitrogen and oxygen atoms in total. The zero-order chi connectivity index (χ0) is 13.8. The molecule has 1 aromatic rings. The minimum atomic E-state index is 0.0675. The molecule has 1 fully saturated rings. The number of hydrogen-bond acceptors (Lipinski definition) is 4. The predicted molar refractivity (Wildman–Crippen MR) is 73.6 cm³/mol. The molecule has 0 aromatic carbocycles. The lowest BCUT2D eigenvalue weighted by atomic mass is 9.99. The number of nitrogens with zero attached hydrogens (tertiary/aromatic N) is 4. The molecule has 0 radical (unpaired) electrons. The third-order valence-corrected chi connectivity index (χ3v) is 3.66. The fraction of sp³-hybridized carbons (Fsp3) is 0.786. The number of Topliss-reactive ketones (excluding diaryl/α,β-unsaturated/α-hetero) is 1. The maximum Gasteiger partial charge on any atom is 0.146 e. The second-order valence-electron chi connectivity index (χ2n) is 5.84. The molecule has 1 aliphatic heterocycles. The van der Waals surface area contributed by atoms with E-state index in [0.717, 1.165) is 38.3 Å². The van der Waals surface area contributed by atoms with Crippen LogP contribution in [0.1, 0.15) is 45.9 Å². The van der Waals surface area contributed by atoms with Gasteiger partial charge in [0, 0.05) is 6.54 Å². The fourth-order valence-corrected chi connectivity index (χ4v) is 2.73. The molecule has 1 unspecified atom stereocenters. The van der Waals surface area contributed by atoms with Crippen LogP contribution in [0.15, 0.2) is 6.33 Å². The minimum Gasteiger partial charge on any atom is -0.298 e. The van der Waals surface area contributed by atoms with Crippen molar-refractivity contribution in [3.8, 4) is 0 Å². The molecule has 5 heteroatoms. The average molecular weight is 264 g/mol. The van der Waals surface area contributed by atoms with Crippen molar-refractivity contribution in [2.75, 3.05) is 6.54 Å². The van der Waals surface area contributed by atoms with Gasteiger partial charge in [-0.1, -0.05) is 20.3 Å². The van der Waals surface area contributed by atoms with Gasteiger partial charge >= 0.3 is 0 Å². The van der Waals surface area contributed by atoms with Gasteiger partial charge in [-0.2, -0.15) is 5.10 Å². The van der Waals surface area contributed by atoms with E-state index < -0.39 is 0 Å². The Morgan fingerprint density at radius 1 is 1.47 bits per heavy atom. The molecule has 2 rings (SSSR count). The summed E-state index contributed by atoms with van der Waals surface area (Å²) in [7, 11) is 0. The smallest absolute Gasteiger partial charge is 0.146 e. The van der Waals surface area contributed by atoms with Crippen LogP contribution < -0.4 is 0 Å². The molecular formula is C14H24N4O. The summed E-state index contributed by atoms with van der Waals surface area (Å²) in [5.41, 5.74) is 0. The predicted octanol–water partition coefficient (Wildman–Crippen LogP) is 1.88. The fourth-order valence-electron chi connectivity index (χ4n) is 2.73. The van der Waals surface area contributed by atoms with Crippen molar-refractivity contribution >= 4 is 5.78 Å². The molecule has 1 aliphatic rings. The lowest BCUT2D eigenvalue weighted by Gasteiger charge is -2.33. The highest BCUT2D eigenvalue weighted by atomic mass is 16.1. The van der Waals surface area contributed by atoms with E-state index >= 15 is 0 Å². The number of piperidine rings is 1. The number of likely N-dealkylation sites (tertiary alicyclic amines) is 1. The zero-order valence-corrected chi connectivity index (χ0v) is 12.2. The van der Waals surface area contributed by atoms with Gasteiger partial charge in [0.1, 0.15) is 17.9 Å². The van der Waals surface area contributed by atoms with Crippen LogP contribution in [0.3, 0.4) is 0 Å². The van der Waals surface area contributed by atoms with Crippen molar-refractivity contribution in [3.63, 3.8) is 0 Å². The Morgan fingerprint density at radius 2 is 2.26 bits per heavy atom. The Morgan fingerprint density at radius 3 is 2.95 bits per heavy atom. The van der Waals surface area contributed by atoms with Crippen molar-refractivity contribution in [2.24, 2.45) is 5.92 Å². The zero-order valence-electron chi connectivity index (χ0n) is 12.2. The Hall–Kier alpha value is -1.23. The van der Waals surface area contributed by atoms with Crippen molar-refractivity contribution in [3.05, 3.63) is 12.2 Å². The topological polar surface area (TPSA) is 51.0 Å². The molecule has 1 atom stereocenters. The number of carbonyl (C=O) groups excluding carboxylic acids is 1. The Labute approximate surface area is 115 Å². The van der Waals surface area contributed by atoms with E-state index in [1.165, 1.54) is 6.42 Å². The number of ketones is 1. The first-order valence-corrected chi connectivity index (χ1v) is 7.19. The van der Waals surface area contributed by atoms with Crippen LogP contribution in [0.5, 0.6) is 0 Å². The van der Waals surface area contributed by atoms with Gasteiger partial charge in [-0.05, 0) is 32.2 Å². The third-order valence-electron chi connectivity index (χ3n) is 3.66. The van der Waals surface area contributed by atoms with E-state index in [4.69, 9.17) is 0 Å². The van der Waals surface area contributed by atoms with Gasteiger partial charge in [0.05, 0.1) is 12.6 Å². The van der Waals surface area contributed by atoms with E-state index in [1.807, 2.05) is 4.68 Å². The van der Waals surface area contributed by atoms with Crippen LogP contribution in [-0.4, -0.2) is 38.0 Å². The van der Waals surface area contributed by atoms with Crippen LogP contribution >= 0.6 is 0 Å². The first-order valence-electron chi connectivity index (χ1n) is 7.19. The molecule has 0 N–H and O–H groups in total. The molecule has 0 bridgehead atoms. The quantitative estimate of drug-likeness (QED) is 0.815. The van der Waals surface area contributed by atoms with Gasteiger partial charge in [0.25, 0.3) is 0 Å². The monoisotopic (exact) mass is 264 g/mol. The average Bonchev–Trinajstić information content (AvgIpc) is 2.76. The molecule has 0 aliphatic carbocycles. The van der Waals surface area contributed by atoms with Crippen LogP contribution in [0, 0.1) is 5.92 Å². The first-order chi connectivity index (χ1) is 9.08. The number of aromatic nitrogens is 3. The number of carbonyl (C=O) groups is 1. The van der Waals surface area contributed by atoms with Crippen LogP contribution in [-0.2, 0) is 17.9 Å². The summed E-state index contributed by atoms with van der Waals surface area (Å²) < 4.78 is 1.97. The molecule has 0 spiro atoms. The lowest BCUT2D eigenvalue weighted by Crippen LogP contribution is -2.43. The van der Waals surface area contributed by atoms with Gasteiger partial charge in [0.15, 0.2) is 0 Å². The molecule has 1 saturated heterocycles. The van der Waals surface area contributed by atoms with Crippen molar-refractivity contribution in [1.82, 2.24) is 19.7 Å². The second-order valence-corrected chi connectivity index (χ2v) is 5.84. The highest BCUT2D eigenvalue weighted by molar-refractivity contribution is 5.81. The Balaban J connectivity index is 2.06. The van der Waals surface area contributed by atoms with Crippen LogP contribution in [0.4, 0.5) is 0 Å². The SMILES string of the molecule is CC(=O)C1CCCCN1Cc1ncnn1CC(C)C. The summed E-state index contributed by atoms with van der Waals surface area (Å²) >= 11 is 0. The lowest BCUT2D eigenvalue weighted by molar-refractivity contribution is -0.123. The van der Waals surface area contributed by atoms with Crippen molar-refractivity contribution in [1.29, 1.82) is 0 Å². The molecular weight excluding hydrogens is 240 g/mol. The van der Waals surface area contributed by atoms with Gasteiger partial charge in [0.2, 0.25) is 0 Å². The van der Waals surface area contributed by atoms with E-state index in [2.05, 4.69) is 28.8 Å². The highest BCUT2D eigenvalue weighted by Crippen LogP contribution is 2.19. The maximum atomic E-state index is 11.7. The van der Waals surface area contributed by atoms with Crippen LogP contribution in [0.2, 0.25) is 0 Å².